The average Bonchev–Trinajstić information content (AvgIpc) is 2.74. The molecule has 0 bridgehead atoms. The molecule has 1 N–H and O–H groups in total. The lowest BCUT2D eigenvalue weighted by Crippen LogP contribution is -2.24. The molecule has 0 spiro atoms. The van der Waals surface area contributed by atoms with Gasteiger partial charge in [0.25, 0.3) is 5.91 Å². The van der Waals surface area contributed by atoms with Crippen molar-refractivity contribution < 1.29 is 19.1 Å². The van der Waals surface area contributed by atoms with Crippen LogP contribution in [-0.4, -0.2) is 24.7 Å². The van der Waals surface area contributed by atoms with Gasteiger partial charge in [-0.3, -0.25) is 4.79 Å². The second-order valence-electron chi connectivity index (χ2n) is 6.80. The molecule has 0 unspecified atom stereocenters. The maximum Gasteiger partial charge on any atom is 0.343 e. The number of ether oxygens (including phenoxy) is 2. The van der Waals surface area contributed by atoms with Gasteiger partial charge >= 0.3 is 5.97 Å². The van der Waals surface area contributed by atoms with Crippen molar-refractivity contribution in [1.29, 1.82) is 0 Å². The van der Waals surface area contributed by atoms with Gasteiger partial charge in [0.05, 0.1) is 16.3 Å². The van der Waals surface area contributed by atoms with Gasteiger partial charge in [0.2, 0.25) is 0 Å². The molecule has 7 heteroatoms. The number of hydrogen-bond donors (Lipinski definition) is 1. The van der Waals surface area contributed by atoms with E-state index in [1.54, 1.807) is 48.5 Å². The topological polar surface area (TPSA) is 77.0 Å². The lowest BCUT2D eigenvalue weighted by atomic mass is 10.1. The molecule has 1 amide bonds. The molecule has 0 saturated heterocycles. The monoisotopic (exact) mass is 480 g/mol. The predicted molar refractivity (Wildman–Crippen MR) is 123 cm³/mol. The summed E-state index contributed by atoms with van der Waals surface area (Å²) in [4.78, 5) is 24.2. The zero-order chi connectivity index (χ0) is 22.2. The third-order valence-electron chi connectivity index (χ3n) is 4.20. The van der Waals surface area contributed by atoms with Crippen molar-refractivity contribution in [2.45, 2.75) is 13.8 Å². The van der Waals surface area contributed by atoms with Gasteiger partial charge in [-0.25, -0.2) is 10.2 Å². The molecule has 6 nitrogen and oxygen atoms in total. The van der Waals surface area contributed by atoms with Crippen LogP contribution in [0.3, 0.4) is 0 Å². The number of nitrogens with one attached hydrogen (secondary N) is 1. The molecular formula is C24H21BrN2O4. The fourth-order valence-corrected chi connectivity index (χ4v) is 3.62. The molecule has 158 valence electrons. The molecule has 0 aromatic heterocycles. The number of amides is 1. The lowest BCUT2D eigenvalue weighted by molar-refractivity contribution is -0.123. The number of hydrogen-bond acceptors (Lipinski definition) is 5. The Hall–Kier alpha value is -3.45. The van der Waals surface area contributed by atoms with Crippen LogP contribution in [0.25, 0.3) is 0 Å². The van der Waals surface area contributed by atoms with Crippen LogP contribution >= 0.6 is 15.9 Å². The van der Waals surface area contributed by atoms with E-state index in [9.17, 15) is 9.59 Å². The highest BCUT2D eigenvalue weighted by Gasteiger charge is 2.09. The van der Waals surface area contributed by atoms with Crippen molar-refractivity contribution in [2.24, 2.45) is 5.10 Å². The summed E-state index contributed by atoms with van der Waals surface area (Å²) in [6.45, 7) is 3.73. The van der Waals surface area contributed by atoms with Crippen LogP contribution in [0.4, 0.5) is 0 Å². The molecule has 0 aliphatic heterocycles. The summed E-state index contributed by atoms with van der Waals surface area (Å²) in [7, 11) is 0. The highest BCUT2D eigenvalue weighted by molar-refractivity contribution is 9.10. The van der Waals surface area contributed by atoms with Gasteiger partial charge in [-0.1, -0.05) is 36.4 Å². The Bertz CT molecular complexity index is 1090. The Morgan fingerprint density at radius 2 is 1.81 bits per heavy atom. The van der Waals surface area contributed by atoms with Crippen molar-refractivity contribution in [1.82, 2.24) is 5.43 Å². The first-order valence-corrected chi connectivity index (χ1v) is 10.3. The summed E-state index contributed by atoms with van der Waals surface area (Å²) in [6.07, 6.45) is 1.46. The molecule has 3 rings (SSSR count). The van der Waals surface area contributed by atoms with Crippen molar-refractivity contribution in [3.8, 4) is 11.5 Å². The number of carbonyl (C=O) groups excluding carboxylic acids is 2. The molecule has 0 heterocycles. The van der Waals surface area contributed by atoms with E-state index in [2.05, 4.69) is 26.5 Å². The molecule has 0 aliphatic rings. The first kappa shape index (κ1) is 22.2. The summed E-state index contributed by atoms with van der Waals surface area (Å²) in [5.74, 6) is 0.164. The Labute approximate surface area is 189 Å². The first-order valence-electron chi connectivity index (χ1n) is 9.51. The summed E-state index contributed by atoms with van der Waals surface area (Å²) in [6, 6.07) is 19.5. The number of carbonyl (C=O) groups is 2. The largest absolute Gasteiger partial charge is 0.482 e. The second-order valence-corrected chi connectivity index (χ2v) is 7.66. The quantitative estimate of drug-likeness (QED) is 0.227. The van der Waals surface area contributed by atoms with Gasteiger partial charge in [0.15, 0.2) is 6.61 Å². The normalized spacial score (nSPS) is 10.7. The predicted octanol–water partition coefficient (Wildman–Crippen LogP) is 4.81. The minimum absolute atomic E-state index is 0.172. The van der Waals surface area contributed by atoms with Crippen LogP contribution in [0.1, 0.15) is 27.0 Å². The highest BCUT2D eigenvalue weighted by atomic mass is 79.9. The summed E-state index contributed by atoms with van der Waals surface area (Å²) >= 11 is 3.45. The van der Waals surface area contributed by atoms with Crippen LogP contribution in [0, 0.1) is 13.8 Å². The minimum Gasteiger partial charge on any atom is -0.482 e. The SMILES string of the molecule is Cc1cc(C)c(OCC(=O)NN=Cc2cccc(OC(=O)c3ccccc3)c2)c(Br)c1. The summed E-state index contributed by atoms with van der Waals surface area (Å²) in [5, 5.41) is 3.93. The van der Waals surface area contributed by atoms with Crippen molar-refractivity contribution in [2.75, 3.05) is 6.61 Å². The molecule has 3 aromatic carbocycles. The van der Waals surface area contributed by atoms with Crippen LogP contribution in [0.2, 0.25) is 0 Å². The van der Waals surface area contributed by atoms with Crippen molar-refractivity contribution in [3.63, 3.8) is 0 Å². The number of nitrogens with zero attached hydrogens (tertiary/aromatic N) is 1. The van der Waals surface area contributed by atoms with E-state index < -0.39 is 11.9 Å². The van der Waals surface area contributed by atoms with Gasteiger partial charge in [0, 0.05) is 0 Å². The number of halogens is 1. The minimum atomic E-state index is -0.447. The van der Waals surface area contributed by atoms with E-state index in [0.717, 1.165) is 15.6 Å². The molecule has 0 saturated carbocycles. The van der Waals surface area contributed by atoms with E-state index >= 15 is 0 Å². The second kappa shape index (κ2) is 10.5. The third-order valence-corrected chi connectivity index (χ3v) is 4.79. The fourth-order valence-electron chi connectivity index (χ4n) is 2.83. The molecule has 3 aromatic rings. The Morgan fingerprint density at radius 1 is 1.03 bits per heavy atom. The van der Waals surface area contributed by atoms with Gasteiger partial charge in [-0.2, -0.15) is 5.10 Å². The molecule has 0 atom stereocenters. The third kappa shape index (κ3) is 6.52. The van der Waals surface area contributed by atoms with E-state index in [-0.39, 0.29) is 6.61 Å². The molecule has 0 fully saturated rings. The number of hydrazone groups is 1. The lowest BCUT2D eigenvalue weighted by Gasteiger charge is -2.11. The summed E-state index contributed by atoms with van der Waals surface area (Å²) < 4.78 is 11.8. The number of aryl methyl sites for hydroxylation is 2. The van der Waals surface area contributed by atoms with Gasteiger partial charge < -0.3 is 9.47 Å². The van der Waals surface area contributed by atoms with Crippen LogP contribution < -0.4 is 14.9 Å². The van der Waals surface area contributed by atoms with Crippen molar-refractivity contribution >= 4 is 34.0 Å². The Morgan fingerprint density at radius 3 is 2.55 bits per heavy atom. The fraction of sp³-hybridized carbons (Fsp3) is 0.125. The van der Waals surface area contributed by atoms with Crippen LogP contribution in [-0.2, 0) is 4.79 Å². The van der Waals surface area contributed by atoms with Gasteiger partial charge in [-0.05, 0) is 76.8 Å². The Kier molecular flexibility index (Phi) is 7.56. The summed E-state index contributed by atoms with van der Waals surface area (Å²) in [5.41, 5.74) is 5.58. The van der Waals surface area contributed by atoms with Crippen molar-refractivity contribution in [3.05, 3.63) is 93.5 Å². The smallest absolute Gasteiger partial charge is 0.343 e. The number of esters is 1. The van der Waals surface area contributed by atoms with E-state index in [1.165, 1.54) is 6.21 Å². The van der Waals surface area contributed by atoms with Crippen LogP contribution in [0.5, 0.6) is 11.5 Å². The number of rotatable bonds is 7. The molecule has 0 aliphatic carbocycles. The standard InChI is InChI=1S/C24H21BrN2O4/c1-16-11-17(2)23(21(25)12-16)30-15-22(28)27-26-14-18-7-6-10-20(13-18)31-24(29)19-8-4-3-5-9-19/h3-14H,15H2,1-2H3,(H,27,28). The van der Waals surface area contributed by atoms with E-state index in [1.807, 2.05) is 32.0 Å². The Balaban J connectivity index is 1.53. The van der Waals surface area contributed by atoms with Gasteiger partial charge in [0.1, 0.15) is 11.5 Å². The zero-order valence-electron chi connectivity index (χ0n) is 17.1. The van der Waals surface area contributed by atoms with Gasteiger partial charge in [-0.15, -0.1) is 0 Å². The molecular weight excluding hydrogens is 460 g/mol. The number of benzene rings is 3. The molecule has 31 heavy (non-hydrogen) atoms. The zero-order valence-corrected chi connectivity index (χ0v) is 18.7. The average molecular weight is 481 g/mol. The molecule has 0 radical (unpaired) electrons. The maximum absolute atomic E-state index is 12.2. The van der Waals surface area contributed by atoms with Crippen LogP contribution in [0.15, 0.2) is 76.3 Å². The highest BCUT2D eigenvalue weighted by Crippen LogP contribution is 2.30. The van der Waals surface area contributed by atoms with E-state index in [0.29, 0.717) is 22.6 Å². The first-order chi connectivity index (χ1) is 14.9. The van der Waals surface area contributed by atoms with E-state index in [4.69, 9.17) is 9.47 Å². The maximum atomic E-state index is 12.2.